The summed E-state index contributed by atoms with van der Waals surface area (Å²) in [6.45, 7) is 2.11. The minimum Gasteiger partial charge on any atom is -0.464 e. The van der Waals surface area contributed by atoms with Crippen molar-refractivity contribution >= 4 is 35.5 Å². The van der Waals surface area contributed by atoms with Crippen LogP contribution in [0.5, 0.6) is 0 Å². The second-order valence-electron chi connectivity index (χ2n) is 3.99. The van der Waals surface area contributed by atoms with Crippen molar-refractivity contribution in [2.24, 2.45) is 5.92 Å². The highest BCUT2D eigenvalue weighted by Gasteiger charge is 2.58. The minimum atomic E-state index is -0.761. The summed E-state index contributed by atoms with van der Waals surface area (Å²) in [5.41, 5.74) is 0. The molecule has 0 saturated carbocycles. The van der Waals surface area contributed by atoms with Crippen molar-refractivity contribution < 1.29 is 23.8 Å². The average Bonchev–Trinajstić information content (AvgIpc) is 2.96. The molecule has 2 aliphatic heterocycles. The molecule has 0 bridgehead atoms. The van der Waals surface area contributed by atoms with Gasteiger partial charge in [-0.1, -0.05) is 0 Å². The average molecular weight is 292 g/mol. The zero-order chi connectivity index (χ0) is 13.2. The third-order valence-electron chi connectivity index (χ3n) is 2.96. The summed E-state index contributed by atoms with van der Waals surface area (Å²) in [5.74, 6) is 0.855. The highest BCUT2D eigenvalue weighted by Crippen LogP contribution is 2.54. The molecule has 7 heteroatoms. The molecule has 5 nitrogen and oxygen atoms in total. The van der Waals surface area contributed by atoms with Crippen LogP contribution in [0.2, 0.25) is 0 Å². The number of hydrogen-bond acceptors (Lipinski definition) is 7. The van der Waals surface area contributed by atoms with Crippen LogP contribution in [-0.4, -0.2) is 47.5 Å². The molecule has 2 saturated heterocycles. The number of carbonyl (C=O) groups excluding carboxylic acids is 2. The van der Waals surface area contributed by atoms with Gasteiger partial charge in [-0.05, 0) is 6.92 Å². The van der Waals surface area contributed by atoms with Gasteiger partial charge in [-0.3, -0.25) is 4.79 Å². The predicted molar refractivity (Wildman–Crippen MR) is 69.3 cm³/mol. The first-order valence-corrected chi connectivity index (χ1v) is 7.78. The van der Waals surface area contributed by atoms with E-state index >= 15 is 0 Å². The lowest BCUT2D eigenvalue weighted by molar-refractivity contribution is -0.164. The Balaban J connectivity index is 2.24. The number of thioether (sulfide) groups is 2. The van der Waals surface area contributed by atoms with E-state index < -0.39 is 10.4 Å². The van der Waals surface area contributed by atoms with Crippen molar-refractivity contribution in [1.29, 1.82) is 0 Å². The van der Waals surface area contributed by atoms with E-state index in [-0.39, 0.29) is 24.3 Å². The van der Waals surface area contributed by atoms with E-state index in [0.717, 1.165) is 11.5 Å². The second kappa shape index (κ2) is 5.71. The topological polar surface area (TPSA) is 61.8 Å². The van der Waals surface area contributed by atoms with E-state index in [1.54, 1.807) is 6.92 Å². The van der Waals surface area contributed by atoms with Crippen molar-refractivity contribution in [2.45, 2.75) is 23.7 Å². The Morgan fingerprint density at radius 1 is 1.50 bits per heavy atom. The fraction of sp³-hybridized carbons (Fsp3) is 0.818. The van der Waals surface area contributed by atoms with Crippen LogP contribution >= 0.6 is 23.5 Å². The van der Waals surface area contributed by atoms with Gasteiger partial charge >= 0.3 is 11.9 Å². The quantitative estimate of drug-likeness (QED) is 0.723. The summed E-state index contributed by atoms with van der Waals surface area (Å²) in [6, 6.07) is 0. The highest BCUT2D eigenvalue weighted by atomic mass is 32.2. The second-order valence-corrected chi connectivity index (χ2v) is 6.93. The number of hydrogen-bond donors (Lipinski definition) is 0. The molecule has 0 aromatic rings. The molecule has 2 aliphatic rings. The van der Waals surface area contributed by atoms with Crippen LogP contribution in [0.4, 0.5) is 0 Å². The van der Waals surface area contributed by atoms with E-state index in [1.165, 1.54) is 30.6 Å². The minimum absolute atomic E-state index is 0.206. The number of carbonyl (C=O) groups is 2. The summed E-state index contributed by atoms with van der Waals surface area (Å²) < 4.78 is 14.7. The Hall–Kier alpha value is -0.400. The number of methoxy groups -OCH3 is 1. The normalized spacial score (nSPS) is 30.2. The lowest BCUT2D eigenvalue weighted by Crippen LogP contribution is -2.43. The van der Waals surface area contributed by atoms with Gasteiger partial charge in [0, 0.05) is 18.6 Å². The van der Waals surface area contributed by atoms with Crippen molar-refractivity contribution in [1.82, 2.24) is 0 Å². The number of rotatable bonds is 4. The van der Waals surface area contributed by atoms with Gasteiger partial charge in [-0.25, -0.2) is 4.79 Å². The van der Waals surface area contributed by atoms with Crippen LogP contribution in [-0.2, 0) is 23.8 Å². The maximum Gasteiger partial charge on any atom is 0.333 e. The Bertz CT molecular complexity index is 340. The predicted octanol–water partition coefficient (Wildman–Crippen LogP) is 1.26. The molecule has 102 valence electrons. The van der Waals surface area contributed by atoms with E-state index in [9.17, 15) is 9.59 Å². The van der Waals surface area contributed by atoms with Crippen LogP contribution in [0.15, 0.2) is 0 Å². The molecule has 0 aromatic carbocycles. The summed E-state index contributed by atoms with van der Waals surface area (Å²) in [7, 11) is 1.49. The third kappa shape index (κ3) is 2.35. The van der Waals surface area contributed by atoms with Crippen molar-refractivity contribution in [3.8, 4) is 0 Å². The summed E-state index contributed by atoms with van der Waals surface area (Å²) in [5, 5.41) is 0. The van der Waals surface area contributed by atoms with E-state index in [4.69, 9.17) is 14.2 Å². The van der Waals surface area contributed by atoms with Crippen molar-refractivity contribution in [3.63, 3.8) is 0 Å². The highest BCUT2D eigenvalue weighted by molar-refractivity contribution is 8.22. The van der Waals surface area contributed by atoms with Gasteiger partial charge in [-0.2, -0.15) is 0 Å². The maximum absolute atomic E-state index is 12.2. The summed E-state index contributed by atoms with van der Waals surface area (Å²) >= 11 is 3.06. The zero-order valence-corrected chi connectivity index (χ0v) is 12.0. The van der Waals surface area contributed by atoms with E-state index in [2.05, 4.69) is 0 Å². The molecular formula is C11H16O5S2. The van der Waals surface area contributed by atoms with Crippen LogP contribution < -0.4 is 0 Å². The first-order chi connectivity index (χ1) is 8.64. The van der Waals surface area contributed by atoms with Gasteiger partial charge in [0.15, 0.2) is 4.08 Å². The molecule has 2 atom stereocenters. The van der Waals surface area contributed by atoms with Gasteiger partial charge in [0.25, 0.3) is 0 Å². The fourth-order valence-corrected chi connectivity index (χ4v) is 5.48. The van der Waals surface area contributed by atoms with Crippen LogP contribution in [0.25, 0.3) is 0 Å². The van der Waals surface area contributed by atoms with Crippen molar-refractivity contribution in [3.05, 3.63) is 0 Å². The molecule has 0 aliphatic carbocycles. The van der Waals surface area contributed by atoms with E-state index in [0.29, 0.717) is 6.61 Å². The van der Waals surface area contributed by atoms with Gasteiger partial charge in [-0.15, -0.1) is 23.5 Å². The zero-order valence-electron chi connectivity index (χ0n) is 10.3. The number of esters is 2. The maximum atomic E-state index is 12.2. The summed E-state index contributed by atoms with van der Waals surface area (Å²) in [4.78, 5) is 23.7. The molecule has 2 fully saturated rings. The fourth-order valence-electron chi connectivity index (χ4n) is 2.20. The Labute approximate surface area is 114 Å². The molecule has 0 spiro atoms. The van der Waals surface area contributed by atoms with Crippen LogP contribution in [0.1, 0.15) is 13.3 Å². The number of cyclic esters (lactones) is 1. The van der Waals surface area contributed by atoms with Gasteiger partial charge in [0.05, 0.1) is 18.9 Å². The van der Waals surface area contributed by atoms with Crippen molar-refractivity contribution in [2.75, 3.05) is 25.2 Å². The van der Waals surface area contributed by atoms with Gasteiger partial charge in [0.2, 0.25) is 6.29 Å². The molecular weight excluding hydrogens is 276 g/mol. The molecule has 0 radical (unpaired) electrons. The monoisotopic (exact) mass is 292 g/mol. The standard InChI is InChI=1S/C11H16O5S2/c1-3-15-10(13)11(17-4-5-18-11)7-6-8(12)16-9(7)14-2/h7,9H,3-6H2,1-2H3. The van der Waals surface area contributed by atoms with Crippen LogP contribution in [0.3, 0.4) is 0 Å². The Morgan fingerprint density at radius 2 is 2.17 bits per heavy atom. The molecule has 2 unspecified atom stereocenters. The summed E-state index contributed by atoms with van der Waals surface area (Å²) in [6.07, 6.45) is -0.447. The smallest absolute Gasteiger partial charge is 0.333 e. The molecule has 18 heavy (non-hydrogen) atoms. The number of ether oxygens (including phenoxy) is 3. The third-order valence-corrected chi connectivity index (χ3v) is 6.54. The first-order valence-electron chi connectivity index (χ1n) is 5.81. The first kappa shape index (κ1) is 14.0. The largest absolute Gasteiger partial charge is 0.464 e. The lowest BCUT2D eigenvalue weighted by Gasteiger charge is -2.31. The molecule has 2 rings (SSSR count). The van der Waals surface area contributed by atoms with Gasteiger partial charge < -0.3 is 14.2 Å². The van der Waals surface area contributed by atoms with Gasteiger partial charge in [0.1, 0.15) is 0 Å². The molecule has 0 aromatic heterocycles. The Kier molecular flexibility index (Phi) is 4.45. The molecule has 0 N–H and O–H groups in total. The lowest BCUT2D eigenvalue weighted by atomic mass is 10.0. The Morgan fingerprint density at radius 3 is 2.72 bits per heavy atom. The van der Waals surface area contributed by atoms with E-state index in [1.807, 2.05) is 0 Å². The SMILES string of the molecule is CCOC(=O)C1(C2CC(=O)OC2OC)SCCS1. The van der Waals surface area contributed by atoms with Crippen LogP contribution in [0, 0.1) is 5.92 Å². The molecule has 0 amide bonds. The molecule has 2 heterocycles.